The molecule has 2 N–H and O–H groups in total. The van der Waals surface area contributed by atoms with Crippen molar-refractivity contribution in [1.29, 1.82) is 0 Å². The van der Waals surface area contributed by atoms with Gasteiger partial charge in [-0.2, -0.15) is 0 Å². The van der Waals surface area contributed by atoms with Gasteiger partial charge < -0.3 is 15.2 Å². The maximum Gasteiger partial charge on any atom is 0.225 e. The molecule has 1 amide bonds. The van der Waals surface area contributed by atoms with Gasteiger partial charge in [-0.3, -0.25) is 4.79 Å². The second kappa shape index (κ2) is 7.41. The lowest BCUT2D eigenvalue weighted by Crippen LogP contribution is -2.40. The van der Waals surface area contributed by atoms with Crippen LogP contribution in [0.25, 0.3) is 0 Å². The highest BCUT2D eigenvalue weighted by Crippen LogP contribution is 2.19. The third-order valence-electron chi connectivity index (χ3n) is 3.68. The molecule has 0 bridgehead atoms. The third-order valence-corrected chi connectivity index (χ3v) is 3.68. The van der Waals surface area contributed by atoms with Crippen LogP contribution in [-0.4, -0.2) is 30.3 Å². The highest BCUT2D eigenvalue weighted by molar-refractivity contribution is 5.79. The maximum absolute atomic E-state index is 12.1. The van der Waals surface area contributed by atoms with E-state index in [1.165, 1.54) is 0 Å². The third kappa shape index (κ3) is 4.32. The Labute approximate surface area is 120 Å². The molecule has 1 saturated heterocycles. The molecule has 4 nitrogen and oxygen atoms in total. The van der Waals surface area contributed by atoms with Gasteiger partial charge in [-0.15, -0.1) is 0 Å². The fraction of sp³-hybridized carbons (Fsp3) is 0.562. The molecular weight excluding hydrogens is 254 g/mol. The number of hydrogen-bond donors (Lipinski definition) is 2. The van der Waals surface area contributed by atoms with Crippen molar-refractivity contribution in [3.05, 3.63) is 35.9 Å². The molecule has 1 heterocycles. The van der Waals surface area contributed by atoms with E-state index < -0.39 is 6.10 Å². The fourth-order valence-corrected chi connectivity index (χ4v) is 2.51. The van der Waals surface area contributed by atoms with Crippen molar-refractivity contribution in [1.82, 2.24) is 5.32 Å². The highest BCUT2D eigenvalue weighted by atomic mass is 16.5. The topological polar surface area (TPSA) is 58.6 Å². The quantitative estimate of drug-likeness (QED) is 0.866. The molecular formula is C16H23NO3. The number of benzene rings is 1. The van der Waals surface area contributed by atoms with Gasteiger partial charge in [0.1, 0.15) is 0 Å². The summed E-state index contributed by atoms with van der Waals surface area (Å²) in [6.45, 7) is 3.19. The van der Waals surface area contributed by atoms with E-state index >= 15 is 0 Å². The minimum atomic E-state index is -0.547. The van der Waals surface area contributed by atoms with E-state index in [1.807, 2.05) is 37.3 Å². The van der Waals surface area contributed by atoms with Crippen LogP contribution < -0.4 is 5.32 Å². The average Bonchev–Trinajstić information content (AvgIpc) is 2.49. The first kappa shape index (κ1) is 15.0. The lowest BCUT2D eigenvalue weighted by Gasteiger charge is -2.24. The van der Waals surface area contributed by atoms with Crippen LogP contribution in [0.5, 0.6) is 0 Å². The van der Waals surface area contributed by atoms with Crippen LogP contribution in [0.1, 0.15) is 37.9 Å². The van der Waals surface area contributed by atoms with Crippen molar-refractivity contribution < 1.29 is 14.6 Å². The number of ether oxygens (including phenoxy) is 1. The molecule has 20 heavy (non-hydrogen) atoms. The Kier molecular flexibility index (Phi) is 5.56. The first-order valence-electron chi connectivity index (χ1n) is 7.28. The molecule has 3 atom stereocenters. The van der Waals surface area contributed by atoms with Gasteiger partial charge in [0.2, 0.25) is 5.91 Å². The predicted molar refractivity (Wildman–Crippen MR) is 77.2 cm³/mol. The number of nitrogens with one attached hydrogen (secondary N) is 1. The lowest BCUT2D eigenvalue weighted by molar-refractivity contribution is -0.129. The molecule has 110 valence electrons. The Morgan fingerprint density at radius 1 is 1.45 bits per heavy atom. The first-order chi connectivity index (χ1) is 9.66. The number of hydrogen-bond acceptors (Lipinski definition) is 3. The molecule has 1 aliphatic heterocycles. The number of carbonyl (C=O) groups excluding carboxylic acids is 1. The smallest absolute Gasteiger partial charge is 0.225 e. The molecule has 0 spiro atoms. The Morgan fingerprint density at radius 2 is 2.20 bits per heavy atom. The van der Waals surface area contributed by atoms with E-state index in [1.54, 1.807) is 0 Å². The number of rotatable bonds is 5. The molecule has 0 radical (unpaired) electrons. The number of carbonyl (C=O) groups is 1. The van der Waals surface area contributed by atoms with Gasteiger partial charge in [-0.25, -0.2) is 0 Å². The Morgan fingerprint density at radius 3 is 2.85 bits per heavy atom. The highest BCUT2D eigenvalue weighted by Gasteiger charge is 2.23. The van der Waals surface area contributed by atoms with Crippen LogP contribution in [0.2, 0.25) is 0 Å². The summed E-state index contributed by atoms with van der Waals surface area (Å²) in [6.07, 6.45) is 1.80. The van der Waals surface area contributed by atoms with Gasteiger partial charge >= 0.3 is 0 Å². The molecule has 1 fully saturated rings. The van der Waals surface area contributed by atoms with Gasteiger partial charge in [0.25, 0.3) is 0 Å². The summed E-state index contributed by atoms with van der Waals surface area (Å²) in [5.41, 5.74) is 0.884. The number of amides is 1. The summed E-state index contributed by atoms with van der Waals surface area (Å²) in [7, 11) is 0. The van der Waals surface area contributed by atoms with Crippen molar-refractivity contribution in [3.8, 4) is 0 Å². The van der Waals surface area contributed by atoms with E-state index in [4.69, 9.17) is 4.74 Å². The van der Waals surface area contributed by atoms with Crippen molar-refractivity contribution in [2.24, 2.45) is 5.92 Å². The molecule has 0 aromatic heterocycles. The fourth-order valence-electron chi connectivity index (χ4n) is 2.51. The normalized spacial score (nSPS) is 22.0. The molecule has 2 rings (SSSR count). The Bertz CT molecular complexity index is 415. The maximum atomic E-state index is 12.1. The van der Waals surface area contributed by atoms with Gasteiger partial charge in [-0.1, -0.05) is 30.3 Å². The molecule has 1 aliphatic rings. The molecule has 0 unspecified atom stereocenters. The van der Waals surface area contributed by atoms with Crippen molar-refractivity contribution in [2.75, 3.05) is 13.2 Å². The first-order valence-corrected chi connectivity index (χ1v) is 7.28. The monoisotopic (exact) mass is 277 g/mol. The second-order valence-electron chi connectivity index (χ2n) is 5.49. The van der Waals surface area contributed by atoms with Crippen LogP contribution in [0.4, 0.5) is 0 Å². The average molecular weight is 277 g/mol. The van der Waals surface area contributed by atoms with Crippen molar-refractivity contribution in [2.45, 2.75) is 38.3 Å². The summed E-state index contributed by atoms with van der Waals surface area (Å²) < 4.78 is 5.32. The molecule has 4 heteroatoms. The van der Waals surface area contributed by atoms with Crippen molar-refractivity contribution in [3.63, 3.8) is 0 Å². The minimum Gasteiger partial charge on any atom is -0.388 e. The van der Waals surface area contributed by atoms with Gasteiger partial charge in [0.15, 0.2) is 0 Å². The second-order valence-corrected chi connectivity index (χ2v) is 5.49. The van der Waals surface area contributed by atoms with Crippen LogP contribution in [0.3, 0.4) is 0 Å². The largest absolute Gasteiger partial charge is 0.388 e. The summed E-state index contributed by atoms with van der Waals surface area (Å²) in [5, 5.41) is 13.1. The minimum absolute atomic E-state index is 0.0393. The number of aliphatic hydroxyl groups is 1. The summed E-state index contributed by atoms with van der Waals surface area (Å²) in [6, 6.07) is 9.47. The van der Waals surface area contributed by atoms with Crippen molar-refractivity contribution >= 4 is 5.91 Å². The lowest BCUT2D eigenvalue weighted by atomic mass is 9.99. The zero-order valence-electron chi connectivity index (χ0n) is 11.9. The zero-order valence-corrected chi connectivity index (χ0v) is 11.9. The van der Waals surface area contributed by atoms with Crippen LogP contribution in [0, 0.1) is 5.92 Å². The van der Waals surface area contributed by atoms with Crippen LogP contribution >= 0.6 is 0 Å². The standard InChI is InChI=1S/C16H23NO3/c1-12(10-15(18)13-6-3-2-4-7-13)17-16(19)14-8-5-9-20-11-14/h2-4,6-7,12,14-15,18H,5,8-11H2,1H3,(H,17,19)/t12-,14+,15-/m1/s1. The summed E-state index contributed by atoms with van der Waals surface area (Å²) in [4.78, 5) is 12.1. The van der Waals surface area contributed by atoms with E-state index in [0.29, 0.717) is 13.0 Å². The molecule has 1 aromatic carbocycles. The Hall–Kier alpha value is -1.39. The summed E-state index contributed by atoms with van der Waals surface area (Å²) in [5.74, 6) is -0.00229. The van der Waals surface area contributed by atoms with Crippen LogP contribution in [-0.2, 0) is 9.53 Å². The van der Waals surface area contributed by atoms with Crippen LogP contribution in [0.15, 0.2) is 30.3 Å². The van der Waals surface area contributed by atoms with Gasteiger partial charge in [-0.05, 0) is 31.7 Å². The summed E-state index contributed by atoms with van der Waals surface area (Å²) >= 11 is 0. The molecule has 0 aliphatic carbocycles. The Balaban J connectivity index is 1.79. The number of aliphatic hydroxyl groups excluding tert-OH is 1. The van der Waals surface area contributed by atoms with Gasteiger partial charge in [0.05, 0.1) is 18.6 Å². The SMILES string of the molecule is C[C@H](C[C@@H](O)c1ccccc1)NC(=O)[C@H]1CCCOC1. The van der Waals surface area contributed by atoms with E-state index in [0.717, 1.165) is 25.0 Å². The van der Waals surface area contributed by atoms with E-state index in [2.05, 4.69) is 5.32 Å². The molecule has 1 aromatic rings. The van der Waals surface area contributed by atoms with Gasteiger partial charge in [0, 0.05) is 12.6 Å². The zero-order chi connectivity index (χ0) is 14.4. The van der Waals surface area contributed by atoms with E-state index in [-0.39, 0.29) is 17.9 Å². The predicted octanol–water partition coefficient (Wildman–Crippen LogP) is 2.04. The molecule has 0 saturated carbocycles. The van der Waals surface area contributed by atoms with E-state index in [9.17, 15) is 9.90 Å².